The average Bonchev–Trinajstić information content (AvgIpc) is 2.93. The summed E-state index contributed by atoms with van der Waals surface area (Å²) in [5.41, 5.74) is 0.110. The largest absolute Gasteiger partial charge is 0.508 e. The van der Waals surface area contributed by atoms with Crippen LogP contribution in [-0.4, -0.2) is 38.4 Å². The normalized spacial score (nSPS) is 14.5. The third-order valence-electron chi connectivity index (χ3n) is 6.98. The van der Waals surface area contributed by atoms with Gasteiger partial charge in [-0.25, -0.2) is 0 Å². The van der Waals surface area contributed by atoms with E-state index in [1.54, 1.807) is 24.3 Å². The number of aromatic hydroxyl groups is 5. The molecule has 4 aromatic carbocycles. The second-order valence-electron chi connectivity index (χ2n) is 9.55. The number of fused-ring (bicyclic) bond motifs is 2. The van der Waals surface area contributed by atoms with Crippen LogP contribution in [0.5, 0.6) is 40.2 Å². The topological polar surface area (TPSA) is 167 Å². The number of carbonyl (C=O) groups excluding carboxylic acids is 1. The van der Waals surface area contributed by atoms with Crippen molar-refractivity contribution in [1.29, 1.82) is 0 Å². The Hall–Kier alpha value is -5.64. The Morgan fingerprint density at radius 2 is 1.51 bits per heavy atom. The maximum atomic E-state index is 13.1. The van der Waals surface area contributed by atoms with Gasteiger partial charge in [0.05, 0.1) is 19.1 Å². The van der Waals surface area contributed by atoms with Crippen molar-refractivity contribution >= 4 is 16.8 Å². The van der Waals surface area contributed by atoms with E-state index in [1.165, 1.54) is 37.4 Å². The Morgan fingerprint density at radius 1 is 0.780 bits per heavy atom. The van der Waals surface area contributed by atoms with Crippen LogP contribution in [0.25, 0.3) is 33.4 Å². The zero-order valence-corrected chi connectivity index (χ0v) is 21.4. The van der Waals surface area contributed by atoms with E-state index in [9.17, 15) is 35.1 Å². The first-order chi connectivity index (χ1) is 19.6. The first-order valence-electron chi connectivity index (χ1n) is 12.4. The van der Waals surface area contributed by atoms with E-state index in [-0.39, 0.29) is 57.1 Å². The van der Waals surface area contributed by atoms with E-state index in [4.69, 9.17) is 13.9 Å². The van der Waals surface area contributed by atoms with Crippen LogP contribution in [0.3, 0.4) is 0 Å². The molecule has 10 heteroatoms. The van der Waals surface area contributed by atoms with Gasteiger partial charge in [-0.2, -0.15) is 0 Å². The van der Waals surface area contributed by atoms with Gasteiger partial charge in [0.1, 0.15) is 63.1 Å². The molecule has 5 aromatic rings. The van der Waals surface area contributed by atoms with Crippen molar-refractivity contribution in [2.75, 3.05) is 7.11 Å². The molecule has 10 nitrogen and oxygen atoms in total. The number of ketones is 1. The van der Waals surface area contributed by atoms with E-state index in [1.807, 2.05) is 0 Å². The maximum Gasteiger partial charge on any atom is 0.197 e. The molecule has 1 aromatic heterocycles. The van der Waals surface area contributed by atoms with Crippen LogP contribution in [0.4, 0.5) is 0 Å². The van der Waals surface area contributed by atoms with Crippen molar-refractivity contribution in [2.45, 2.75) is 12.5 Å². The number of rotatable bonds is 4. The SMILES string of the molecule is COc1ccc(-c2cc(=O)c3c(O)cc(O)c(-c4cc(C5CC(=O)c6c(O)cc(O)cc6O5)ccc4O)c3o2)cc1. The molecule has 0 aliphatic carbocycles. The van der Waals surface area contributed by atoms with Crippen LogP contribution in [0, 0.1) is 0 Å². The Balaban J connectivity index is 1.51. The number of hydrogen-bond acceptors (Lipinski definition) is 10. The van der Waals surface area contributed by atoms with E-state index in [0.717, 1.165) is 12.1 Å². The fraction of sp³-hybridized carbons (Fsp3) is 0.0968. The molecule has 0 saturated heterocycles. The molecule has 0 spiro atoms. The molecule has 2 heterocycles. The molecule has 0 saturated carbocycles. The van der Waals surface area contributed by atoms with Gasteiger partial charge in [-0.1, -0.05) is 6.07 Å². The minimum atomic E-state index is -0.872. The van der Waals surface area contributed by atoms with Gasteiger partial charge in [0, 0.05) is 35.4 Å². The molecular formula is C31H22O10. The molecular weight excluding hydrogens is 532 g/mol. The lowest BCUT2D eigenvalue weighted by atomic mass is 9.92. The van der Waals surface area contributed by atoms with Gasteiger partial charge in [0.25, 0.3) is 0 Å². The molecule has 0 fully saturated rings. The predicted molar refractivity (Wildman–Crippen MR) is 147 cm³/mol. The lowest BCUT2D eigenvalue weighted by Gasteiger charge is -2.26. The number of Topliss-reactive ketones (excluding diaryl/α,β-unsaturated/α-hetero) is 1. The Labute approximate surface area is 231 Å². The highest BCUT2D eigenvalue weighted by Crippen LogP contribution is 2.47. The summed E-state index contributed by atoms with van der Waals surface area (Å²) in [5.74, 6) is -1.66. The van der Waals surface area contributed by atoms with Crippen LogP contribution in [0.15, 0.2) is 75.9 Å². The fourth-order valence-corrected chi connectivity index (χ4v) is 5.03. The zero-order chi connectivity index (χ0) is 29.0. The third-order valence-corrected chi connectivity index (χ3v) is 6.98. The van der Waals surface area contributed by atoms with Crippen LogP contribution in [-0.2, 0) is 0 Å². The van der Waals surface area contributed by atoms with Crippen LogP contribution < -0.4 is 14.9 Å². The monoisotopic (exact) mass is 554 g/mol. The summed E-state index contributed by atoms with van der Waals surface area (Å²) in [6.07, 6.45) is -1.03. The van der Waals surface area contributed by atoms with Crippen LogP contribution in [0.1, 0.15) is 28.4 Å². The van der Waals surface area contributed by atoms with Gasteiger partial charge in [-0.3, -0.25) is 9.59 Å². The smallest absolute Gasteiger partial charge is 0.197 e. The summed E-state index contributed by atoms with van der Waals surface area (Å²) < 4.78 is 17.2. The standard InChI is InChI=1S/C31H22O10/c1-39-17-5-2-14(3-6-17)25-13-24(38)30-22(36)11-21(35)28(31(30)41-25)18-8-15(4-7-19(18)33)26-12-23(37)29-20(34)9-16(32)10-27(29)40-26/h2-11,13,26,32-36H,12H2,1H3. The molecule has 41 heavy (non-hydrogen) atoms. The minimum Gasteiger partial charge on any atom is -0.508 e. The van der Waals surface area contributed by atoms with E-state index in [0.29, 0.717) is 16.9 Å². The van der Waals surface area contributed by atoms with Crippen LogP contribution >= 0.6 is 0 Å². The molecule has 1 unspecified atom stereocenters. The summed E-state index contributed by atoms with van der Waals surface area (Å²) in [7, 11) is 1.52. The number of phenolic OH excluding ortho intramolecular Hbond substituents is 5. The van der Waals surface area contributed by atoms with Gasteiger partial charge < -0.3 is 39.4 Å². The fourth-order valence-electron chi connectivity index (χ4n) is 5.03. The van der Waals surface area contributed by atoms with E-state index in [2.05, 4.69) is 0 Å². The van der Waals surface area contributed by atoms with Crippen molar-refractivity contribution in [1.82, 2.24) is 0 Å². The first-order valence-corrected chi connectivity index (χ1v) is 12.4. The van der Waals surface area contributed by atoms with Gasteiger partial charge >= 0.3 is 0 Å². The minimum absolute atomic E-state index is 0.00793. The number of hydrogen-bond donors (Lipinski definition) is 5. The quantitative estimate of drug-likeness (QED) is 0.195. The van der Waals surface area contributed by atoms with Crippen molar-refractivity contribution in [3.05, 3.63) is 88.1 Å². The molecule has 1 aliphatic heterocycles. The van der Waals surface area contributed by atoms with E-state index >= 15 is 0 Å². The van der Waals surface area contributed by atoms with Crippen molar-refractivity contribution in [3.63, 3.8) is 0 Å². The summed E-state index contributed by atoms with van der Waals surface area (Å²) in [6, 6.07) is 15.5. The van der Waals surface area contributed by atoms with Gasteiger partial charge in [0.15, 0.2) is 16.8 Å². The Morgan fingerprint density at radius 3 is 2.24 bits per heavy atom. The van der Waals surface area contributed by atoms with Gasteiger partial charge in [-0.05, 0) is 42.0 Å². The summed E-state index contributed by atoms with van der Waals surface area (Å²) in [6.45, 7) is 0. The van der Waals surface area contributed by atoms with Crippen LogP contribution in [0.2, 0.25) is 0 Å². The molecule has 6 rings (SSSR count). The molecule has 1 aliphatic rings. The zero-order valence-electron chi connectivity index (χ0n) is 21.4. The number of carbonyl (C=O) groups is 1. The molecule has 5 N–H and O–H groups in total. The maximum absolute atomic E-state index is 13.1. The molecule has 206 valence electrons. The van der Waals surface area contributed by atoms with Gasteiger partial charge in [-0.15, -0.1) is 0 Å². The molecule has 1 atom stereocenters. The number of ether oxygens (including phenoxy) is 2. The summed E-state index contributed by atoms with van der Waals surface area (Å²) in [4.78, 5) is 26.0. The van der Waals surface area contributed by atoms with Crippen molar-refractivity contribution in [3.8, 4) is 62.7 Å². The van der Waals surface area contributed by atoms with Gasteiger partial charge in [0.2, 0.25) is 0 Å². The molecule has 0 radical (unpaired) electrons. The number of benzene rings is 4. The Bertz CT molecular complexity index is 1920. The predicted octanol–water partition coefficient (Wildman–Crippen LogP) is 5.37. The summed E-state index contributed by atoms with van der Waals surface area (Å²) >= 11 is 0. The highest BCUT2D eigenvalue weighted by atomic mass is 16.5. The van der Waals surface area contributed by atoms with Crippen molar-refractivity contribution in [2.24, 2.45) is 0 Å². The molecule has 0 bridgehead atoms. The van der Waals surface area contributed by atoms with E-state index < -0.39 is 34.6 Å². The second-order valence-corrected chi connectivity index (χ2v) is 9.55. The Kier molecular flexibility index (Phi) is 5.95. The summed E-state index contributed by atoms with van der Waals surface area (Å²) in [5, 5.41) is 52.1. The second kappa shape index (κ2) is 9.53. The highest BCUT2D eigenvalue weighted by Gasteiger charge is 2.32. The average molecular weight is 555 g/mol. The number of methoxy groups -OCH3 is 1. The lowest BCUT2D eigenvalue weighted by Crippen LogP contribution is -2.20. The number of phenols is 5. The first kappa shape index (κ1) is 25.6. The third kappa shape index (κ3) is 4.31. The highest BCUT2D eigenvalue weighted by molar-refractivity contribution is 6.03. The lowest BCUT2D eigenvalue weighted by molar-refractivity contribution is 0.0845. The molecule has 0 amide bonds. The van der Waals surface area contributed by atoms with Crippen molar-refractivity contribution < 1.29 is 44.2 Å².